The highest BCUT2D eigenvalue weighted by atomic mass is 16.5. The Hall–Kier alpha value is -1.06. The van der Waals surface area contributed by atoms with E-state index in [2.05, 4.69) is 0 Å². The van der Waals surface area contributed by atoms with Gasteiger partial charge in [-0.3, -0.25) is 9.59 Å². The molecule has 4 aliphatic rings. The lowest BCUT2D eigenvalue weighted by molar-refractivity contribution is -0.153. The molecular weight excluding hydrogens is 292 g/mol. The lowest BCUT2D eigenvalue weighted by Gasteiger charge is -2.22. The van der Waals surface area contributed by atoms with Crippen LogP contribution in [-0.2, 0) is 19.1 Å². The van der Waals surface area contributed by atoms with E-state index in [-0.39, 0.29) is 24.1 Å². The average molecular weight is 320 g/mol. The Morgan fingerprint density at radius 3 is 1.52 bits per heavy atom. The van der Waals surface area contributed by atoms with Gasteiger partial charge in [0.25, 0.3) is 0 Å². The van der Waals surface area contributed by atoms with Gasteiger partial charge in [0.05, 0.1) is 0 Å². The molecule has 0 amide bonds. The number of hydrogen-bond acceptors (Lipinski definition) is 4. The summed E-state index contributed by atoms with van der Waals surface area (Å²) < 4.78 is 11.2. The van der Waals surface area contributed by atoms with Crippen LogP contribution in [0.2, 0.25) is 0 Å². The first kappa shape index (κ1) is 15.5. The largest absolute Gasteiger partial charge is 0.462 e. The summed E-state index contributed by atoms with van der Waals surface area (Å²) in [6, 6.07) is 0. The molecule has 0 heterocycles. The minimum atomic E-state index is -0.129. The number of fused-ring (bicyclic) bond motifs is 4. The summed E-state index contributed by atoms with van der Waals surface area (Å²) in [6.07, 6.45) is 11.2. The second-order valence-electron chi connectivity index (χ2n) is 8.26. The Kier molecular flexibility index (Phi) is 4.33. The molecule has 0 radical (unpaired) electrons. The van der Waals surface area contributed by atoms with Crippen molar-refractivity contribution < 1.29 is 19.1 Å². The van der Waals surface area contributed by atoms with Crippen molar-refractivity contribution in [2.24, 2.45) is 23.7 Å². The molecule has 4 fully saturated rings. The van der Waals surface area contributed by atoms with E-state index in [0.717, 1.165) is 24.7 Å². The Morgan fingerprint density at radius 1 is 0.696 bits per heavy atom. The number of ether oxygens (including phenoxy) is 2. The minimum absolute atomic E-state index is 0.129. The van der Waals surface area contributed by atoms with Crippen molar-refractivity contribution in [3.05, 3.63) is 0 Å². The van der Waals surface area contributed by atoms with Crippen LogP contribution in [0.3, 0.4) is 0 Å². The summed E-state index contributed by atoms with van der Waals surface area (Å²) in [5.41, 5.74) is 0. The molecule has 4 bridgehead atoms. The molecule has 4 saturated carbocycles. The van der Waals surface area contributed by atoms with E-state index >= 15 is 0 Å². The van der Waals surface area contributed by atoms with E-state index in [1.807, 2.05) is 0 Å². The zero-order chi connectivity index (χ0) is 15.8. The SMILES string of the molecule is O=C(CCCC(=O)OC1CC2CCC1C2)OC1CC2CCC1C2. The summed E-state index contributed by atoms with van der Waals surface area (Å²) in [5.74, 6) is 2.52. The van der Waals surface area contributed by atoms with Gasteiger partial charge in [0.15, 0.2) is 0 Å². The van der Waals surface area contributed by atoms with Gasteiger partial charge in [-0.2, -0.15) is 0 Å². The Balaban J connectivity index is 1.11. The Morgan fingerprint density at radius 2 is 1.17 bits per heavy atom. The molecule has 0 aromatic rings. The van der Waals surface area contributed by atoms with Gasteiger partial charge in [-0.05, 0) is 81.5 Å². The van der Waals surface area contributed by atoms with Crippen molar-refractivity contribution in [1.29, 1.82) is 0 Å². The van der Waals surface area contributed by atoms with Crippen LogP contribution in [0.25, 0.3) is 0 Å². The van der Waals surface area contributed by atoms with Gasteiger partial charge in [0, 0.05) is 12.8 Å². The smallest absolute Gasteiger partial charge is 0.306 e. The molecule has 128 valence electrons. The molecule has 4 heteroatoms. The zero-order valence-corrected chi connectivity index (χ0v) is 13.9. The highest BCUT2D eigenvalue weighted by molar-refractivity contribution is 5.72. The van der Waals surface area contributed by atoms with Crippen molar-refractivity contribution in [3.8, 4) is 0 Å². The topological polar surface area (TPSA) is 52.6 Å². The first-order valence-corrected chi connectivity index (χ1v) is 9.56. The van der Waals surface area contributed by atoms with Crippen LogP contribution in [0, 0.1) is 23.7 Å². The third kappa shape index (κ3) is 3.41. The quantitative estimate of drug-likeness (QED) is 0.701. The van der Waals surface area contributed by atoms with Crippen molar-refractivity contribution in [2.75, 3.05) is 0 Å². The standard InChI is InChI=1S/C19H28O4/c20-18(22-16-10-12-4-6-14(16)8-12)2-1-3-19(21)23-17-11-13-5-7-15(17)9-13/h12-17H,1-11H2. The van der Waals surface area contributed by atoms with Crippen LogP contribution >= 0.6 is 0 Å². The lowest BCUT2D eigenvalue weighted by atomic mass is 9.97. The van der Waals surface area contributed by atoms with E-state index in [1.165, 1.54) is 38.5 Å². The van der Waals surface area contributed by atoms with E-state index < -0.39 is 0 Å². The second-order valence-corrected chi connectivity index (χ2v) is 8.26. The fraction of sp³-hybridized carbons (Fsp3) is 0.895. The van der Waals surface area contributed by atoms with Gasteiger partial charge < -0.3 is 9.47 Å². The summed E-state index contributed by atoms with van der Waals surface area (Å²) in [6.45, 7) is 0. The van der Waals surface area contributed by atoms with E-state index in [1.54, 1.807) is 0 Å². The lowest BCUT2D eigenvalue weighted by Crippen LogP contribution is -2.25. The number of carbonyl (C=O) groups excluding carboxylic acids is 2. The van der Waals surface area contributed by atoms with Crippen molar-refractivity contribution in [1.82, 2.24) is 0 Å². The van der Waals surface area contributed by atoms with Crippen LogP contribution in [0.4, 0.5) is 0 Å². The van der Waals surface area contributed by atoms with E-state index in [4.69, 9.17) is 9.47 Å². The third-order valence-electron chi connectivity index (χ3n) is 6.67. The van der Waals surface area contributed by atoms with Gasteiger partial charge in [-0.1, -0.05) is 0 Å². The molecular formula is C19H28O4. The number of carbonyl (C=O) groups is 2. The first-order valence-electron chi connectivity index (χ1n) is 9.56. The normalized spacial score (nSPS) is 40.5. The second kappa shape index (κ2) is 6.45. The molecule has 0 aliphatic heterocycles. The van der Waals surface area contributed by atoms with Gasteiger partial charge in [0.1, 0.15) is 12.2 Å². The molecule has 23 heavy (non-hydrogen) atoms. The van der Waals surface area contributed by atoms with Gasteiger partial charge in [0.2, 0.25) is 0 Å². The maximum absolute atomic E-state index is 11.9. The van der Waals surface area contributed by atoms with Gasteiger partial charge >= 0.3 is 11.9 Å². The predicted octanol–water partition coefficient (Wildman–Crippen LogP) is 3.62. The molecule has 6 atom stereocenters. The Labute approximate surface area is 138 Å². The van der Waals surface area contributed by atoms with Gasteiger partial charge in [-0.15, -0.1) is 0 Å². The summed E-state index contributed by atoms with van der Waals surface area (Å²) in [7, 11) is 0. The van der Waals surface area contributed by atoms with Gasteiger partial charge in [-0.25, -0.2) is 0 Å². The van der Waals surface area contributed by atoms with Crippen LogP contribution in [0.1, 0.15) is 70.6 Å². The maximum atomic E-state index is 11.9. The van der Waals surface area contributed by atoms with E-state index in [0.29, 0.717) is 31.1 Å². The fourth-order valence-corrected chi connectivity index (χ4v) is 5.49. The number of rotatable bonds is 6. The van der Waals surface area contributed by atoms with E-state index in [9.17, 15) is 9.59 Å². The molecule has 0 saturated heterocycles. The van der Waals surface area contributed by atoms with Crippen LogP contribution in [0.15, 0.2) is 0 Å². The maximum Gasteiger partial charge on any atom is 0.306 e. The summed E-state index contributed by atoms with van der Waals surface area (Å²) >= 11 is 0. The first-order chi connectivity index (χ1) is 11.2. The van der Waals surface area contributed by atoms with Crippen LogP contribution in [-0.4, -0.2) is 24.1 Å². The molecule has 4 rings (SSSR count). The zero-order valence-electron chi connectivity index (χ0n) is 13.9. The monoisotopic (exact) mass is 320 g/mol. The molecule has 6 unspecified atom stereocenters. The highest BCUT2D eigenvalue weighted by Crippen LogP contribution is 2.46. The molecule has 4 nitrogen and oxygen atoms in total. The van der Waals surface area contributed by atoms with Crippen LogP contribution in [0.5, 0.6) is 0 Å². The minimum Gasteiger partial charge on any atom is -0.462 e. The summed E-state index contributed by atoms with van der Waals surface area (Å²) in [5, 5.41) is 0. The number of hydrogen-bond donors (Lipinski definition) is 0. The van der Waals surface area contributed by atoms with Crippen molar-refractivity contribution in [2.45, 2.75) is 82.8 Å². The summed E-state index contributed by atoms with van der Waals surface area (Å²) in [4.78, 5) is 23.9. The Bertz CT molecular complexity index is 432. The molecule has 0 N–H and O–H groups in total. The fourth-order valence-electron chi connectivity index (χ4n) is 5.49. The van der Waals surface area contributed by atoms with Crippen molar-refractivity contribution >= 4 is 11.9 Å². The third-order valence-corrected chi connectivity index (χ3v) is 6.67. The average Bonchev–Trinajstić information content (AvgIpc) is 3.28. The number of esters is 2. The molecule has 0 aromatic carbocycles. The van der Waals surface area contributed by atoms with Crippen LogP contribution < -0.4 is 0 Å². The highest BCUT2D eigenvalue weighted by Gasteiger charge is 2.42. The molecule has 0 spiro atoms. The predicted molar refractivity (Wildman–Crippen MR) is 84.5 cm³/mol. The van der Waals surface area contributed by atoms with Crippen molar-refractivity contribution in [3.63, 3.8) is 0 Å². The molecule has 4 aliphatic carbocycles. The molecule has 0 aromatic heterocycles.